The molecule has 0 bridgehead atoms. The van der Waals surface area contributed by atoms with Gasteiger partial charge in [0.2, 0.25) is 0 Å². The molecule has 0 aliphatic carbocycles. The van der Waals surface area contributed by atoms with Crippen molar-refractivity contribution in [2.45, 2.75) is 0 Å². The van der Waals surface area contributed by atoms with E-state index in [1.54, 1.807) is 11.8 Å². The smallest absolute Gasteiger partial charge is 0.212 e. The van der Waals surface area contributed by atoms with Crippen molar-refractivity contribution in [3.8, 4) is 24.7 Å². The number of hydrogen-bond donors (Lipinski definition) is 0. The van der Waals surface area contributed by atoms with Gasteiger partial charge >= 0.3 is 0 Å². The fourth-order valence-corrected chi connectivity index (χ4v) is 2.64. The van der Waals surface area contributed by atoms with Gasteiger partial charge in [-0.1, -0.05) is 11.8 Å². The van der Waals surface area contributed by atoms with Gasteiger partial charge in [0, 0.05) is 0 Å². The minimum Gasteiger partial charge on any atom is -0.212 e. The molecule has 66 valence electrons. The van der Waals surface area contributed by atoms with Crippen LogP contribution >= 0.6 is 0 Å². The Balaban J connectivity index is 5.12. The summed E-state index contributed by atoms with van der Waals surface area (Å²) in [4.78, 5) is 0. The van der Waals surface area contributed by atoms with Crippen LogP contribution in [0.2, 0.25) is 0 Å². The van der Waals surface area contributed by atoms with Crippen LogP contribution in [-0.4, -0.2) is 28.3 Å². The SMILES string of the molecule is C#CCS(=O)(=O)S(=O)(=O)CC#C. The van der Waals surface area contributed by atoms with Gasteiger partial charge < -0.3 is 0 Å². The monoisotopic (exact) mass is 206 g/mol. The molecule has 0 saturated heterocycles. The lowest BCUT2D eigenvalue weighted by Gasteiger charge is -1.97. The molecule has 0 atom stereocenters. The third-order valence-corrected chi connectivity index (χ3v) is 5.75. The van der Waals surface area contributed by atoms with E-state index in [4.69, 9.17) is 0 Å². The molecule has 12 heavy (non-hydrogen) atoms. The van der Waals surface area contributed by atoms with Crippen molar-refractivity contribution in [3.63, 3.8) is 0 Å². The molecule has 0 aromatic heterocycles. The highest BCUT2D eigenvalue weighted by Crippen LogP contribution is 2.02. The molecule has 0 amide bonds. The van der Waals surface area contributed by atoms with Gasteiger partial charge in [0.1, 0.15) is 11.5 Å². The predicted octanol–water partition coefficient (Wildman–Crippen LogP) is -1.00. The Hall–Kier alpha value is -0.980. The van der Waals surface area contributed by atoms with Crippen LogP contribution < -0.4 is 0 Å². The van der Waals surface area contributed by atoms with E-state index in [1.807, 2.05) is 0 Å². The molecule has 0 saturated carbocycles. The molecule has 0 fully saturated rings. The van der Waals surface area contributed by atoms with Crippen LogP contribution in [0.3, 0.4) is 0 Å². The highest BCUT2D eigenvalue weighted by atomic mass is 33.2. The lowest BCUT2D eigenvalue weighted by molar-refractivity contribution is 0.586. The Morgan fingerprint density at radius 3 is 1.25 bits per heavy atom. The van der Waals surface area contributed by atoms with Gasteiger partial charge in [0.15, 0.2) is 0 Å². The van der Waals surface area contributed by atoms with Crippen molar-refractivity contribution < 1.29 is 16.8 Å². The van der Waals surface area contributed by atoms with E-state index in [9.17, 15) is 16.8 Å². The van der Waals surface area contributed by atoms with Crippen molar-refractivity contribution in [3.05, 3.63) is 0 Å². The van der Waals surface area contributed by atoms with Crippen LogP contribution in [0.4, 0.5) is 0 Å². The van der Waals surface area contributed by atoms with Crippen LogP contribution in [0, 0.1) is 24.7 Å². The van der Waals surface area contributed by atoms with Gasteiger partial charge in [-0.3, -0.25) is 0 Å². The van der Waals surface area contributed by atoms with Gasteiger partial charge in [-0.25, -0.2) is 16.8 Å². The van der Waals surface area contributed by atoms with E-state index < -0.39 is 29.2 Å². The molecule has 0 radical (unpaired) electrons. The third-order valence-electron chi connectivity index (χ3n) is 0.907. The maximum Gasteiger partial charge on any atom is 0.265 e. The predicted molar refractivity (Wildman–Crippen MR) is 45.2 cm³/mol. The van der Waals surface area contributed by atoms with E-state index in [0.29, 0.717) is 0 Å². The zero-order valence-electron chi connectivity index (χ0n) is 6.02. The van der Waals surface area contributed by atoms with Gasteiger partial charge in [-0.2, -0.15) is 0 Å². The molecular weight excluding hydrogens is 200 g/mol. The fourth-order valence-electron chi connectivity index (χ4n) is 0.384. The van der Waals surface area contributed by atoms with Crippen molar-refractivity contribution in [1.29, 1.82) is 0 Å². The lowest BCUT2D eigenvalue weighted by Crippen LogP contribution is -2.20. The Morgan fingerprint density at radius 2 is 1.08 bits per heavy atom. The van der Waals surface area contributed by atoms with E-state index in [2.05, 4.69) is 12.8 Å². The first kappa shape index (κ1) is 11.0. The second-order valence-electron chi connectivity index (χ2n) is 1.81. The van der Waals surface area contributed by atoms with E-state index in [-0.39, 0.29) is 0 Å². The average molecular weight is 206 g/mol. The Kier molecular flexibility index (Phi) is 3.32. The zero-order valence-corrected chi connectivity index (χ0v) is 7.65. The molecule has 0 aliphatic heterocycles. The lowest BCUT2D eigenvalue weighted by atomic mass is 10.8. The maximum absolute atomic E-state index is 10.8. The first-order chi connectivity index (χ1) is 5.37. The Bertz CT molecular complexity index is 383. The van der Waals surface area contributed by atoms with Gasteiger partial charge in [0.25, 0.3) is 17.7 Å². The largest absolute Gasteiger partial charge is 0.265 e. The molecular formula is C6H6O4S2. The summed E-state index contributed by atoms with van der Waals surface area (Å²) < 4.78 is 43.3. The maximum atomic E-state index is 10.8. The standard InChI is InChI=1S/C6H6O4S2/c1-3-5-11(7,8)12(9,10)6-4-2/h1-2H,5-6H2. The summed E-state index contributed by atoms with van der Waals surface area (Å²) in [5, 5.41) is 0. The van der Waals surface area contributed by atoms with E-state index in [1.165, 1.54) is 0 Å². The molecule has 4 nitrogen and oxygen atoms in total. The molecule has 0 aromatic rings. The molecule has 0 rings (SSSR count). The first-order valence-corrected chi connectivity index (χ1v) is 6.52. The van der Waals surface area contributed by atoms with Crippen molar-refractivity contribution in [2.75, 3.05) is 11.5 Å². The van der Waals surface area contributed by atoms with Crippen LogP contribution in [0.1, 0.15) is 0 Å². The minimum absolute atomic E-state index is 0.836. The topological polar surface area (TPSA) is 68.3 Å². The van der Waals surface area contributed by atoms with Crippen LogP contribution in [0.5, 0.6) is 0 Å². The molecule has 6 heteroatoms. The van der Waals surface area contributed by atoms with Gasteiger partial charge in [-0.15, -0.1) is 12.8 Å². The zero-order chi connectivity index (χ0) is 9.83. The van der Waals surface area contributed by atoms with E-state index in [0.717, 1.165) is 0 Å². The van der Waals surface area contributed by atoms with Gasteiger partial charge in [0.05, 0.1) is 0 Å². The number of hydrogen-bond acceptors (Lipinski definition) is 4. The summed E-state index contributed by atoms with van der Waals surface area (Å²) in [6.45, 7) is 0. The first-order valence-electron chi connectivity index (χ1n) is 2.70. The summed E-state index contributed by atoms with van der Waals surface area (Å²) in [6.07, 6.45) is 9.32. The Labute approximate surface area is 71.2 Å². The van der Waals surface area contributed by atoms with Crippen molar-refractivity contribution in [2.24, 2.45) is 0 Å². The minimum atomic E-state index is -4.28. The Morgan fingerprint density at radius 1 is 0.833 bits per heavy atom. The highest BCUT2D eigenvalue weighted by Gasteiger charge is 2.27. The third kappa shape index (κ3) is 2.26. The molecule has 0 N–H and O–H groups in total. The van der Waals surface area contributed by atoms with Crippen LogP contribution in [0.15, 0.2) is 0 Å². The van der Waals surface area contributed by atoms with Gasteiger partial charge in [-0.05, 0) is 0 Å². The normalized spacial score (nSPS) is 11.5. The average Bonchev–Trinajstić information content (AvgIpc) is 1.86. The summed E-state index contributed by atoms with van der Waals surface area (Å²) >= 11 is 0. The molecule has 0 spiro atoms. The summed E-state index contributed by atoms with van der Waals surface area (Å²) in [5.74, 6) is 1.80. The van der Waals surface area contributed by atoms with Crippen molar-refractivity contribution in [1.82, 2.24) is 0 Å². The van der Waals surface area contributed by atoms with Crippen LogP contribution in [-0.2, 0) is 17.7 Å². The fraction of sp³-hybridized carbons (Fsp3) is 0.333. The highest BCUT2D eigenvalue weighted by molar-refractivity contribution is 8.67. The van der Waals surface area contributed by atoms with E-state index >= 15 is 0 Å². The molecule has 0 unspecified atom stereocenters. The summed E-state index contributed by atoms with van der Waals surface area (Å²) in [5.41, 5.74) is 0. The molecule has 0 aliphatic rings. The summed E-state index contributed by atoms with van der Waals surface area (Å²) in [6, 6.07) is 0. The quantitative estimate of drug-likeness (QED) is 0.438. The second-order valence-corrected chi connectivity index (χ2v) is 7.67. The number of rotatable bonds is 3. The number of terminal acetylenes is 2. The summed E-state index contributed by atoms with van der Waals surface area (Å²) in [7, 11) is -8.56. The second kappa shape index (κ2) is 3.61. The van der Waals surface area contributed by atoms with Crippen LogP contribution in [0.25, 0.3) is 0 Å². The van der Waals surface area contributed by atoms with Crippen molar-refractivity contribution >= 4 is 17.7 Å². The molecule has 0 heterocycles. The molecule has 0 aromatic carbocycles.